The number of ether oxygens (including phenoxy) is 2. The molecule has 0 bridgehead atoms. The largest absolute Gasteiger partial charge is 0.469 e. The predicted octanol–water partition coefficient (Wildman–Crippen LogP) is 2.72. The van der Waals surface area contributed by atoms with E-state index in [0.29, 0.717) is 13.2 Å². The van der Waals surface area contributed by atoms with Crippen molar-refractivity contribution >= 4 is 28.7 Å². The van der Waals surface area contributed by atoms with E-state index in [1.807, 2.05) is 36.5 Å². The lowest BCUT2D eigenvalue weighted by molar-refractivity contribution is -0.143. The van der Waals surface area contributed by atoms with E-state index in [-0.39, 0.29) is 18.6 Å². The number of rotatable bonds is 8. The molecule has 1 aromatic carbocycles. The van der Waals surface area contributed by atoms with Crippen LogP contribution in [0.25, 0.3) is 17.0 Å². The van der Waals surface area contributed by atoms with Gasteiger partial charge in [0.25, 0.3) is 0 Å². The van der Waals surface area contributed by atoms with Crippen molar-refractivity contribution in [1.29, 1.82) is 0 Å². The summed E-state index contributed by atoms with van der Waals surface area (Å²) in [7, 11) is 1.27. The number of carbonyl (C=O) groups is 2. The van der Waals surface area contributed by atoms with Crippen LogP contribution in [0.1, 0.15) is 18.4 Å². The molecular formula is C17H19NO4. The van der Waals surface area contributed by atoms with Gasteiger partial charge in [-0.2, -0.15) is 0 Å². The van der Waals surface area contributed by atoms with Gasteiger partial charge in [-0.1, -0.05) is 30.4 Å². The monoisotopic (exact) mass is 301 g/mol. The van der Waals surface area contributed by atoms with Gasteiger partial charge < -0.3 is 14.5 Å². The Kier molecular flexibility index (Phi) is 5.91. The average molecular weight is 301 g/mol. The number of fused-ring (bicyclic) bond motifs is 1. The lowest BCUT2D eigenvalue weighted by atomic mass is 10.1. The first-order valence-corrected chi connectivity index (χ1v) is 7.09. The molecule has 0 aliphatic carbocycles. The Morgan fingerprint density at radius 2 is 2.09 bits per heavy atom. The molecule has 0 saturated heterocycles. The molecule has 0 atom stereocenters. The van der Waals surface area contributed by atoms with Gasteiger partial charge in [0.1, 0.15) is 12.2 Å². The van der Waals surface area contributed by atoms with Crippen LogP contribution in [0.5, 0.6) is 0 Å². The van der Waals surface area contributed by atoms with E-state index < -0.39 is 5.97 Å². The van der Waals surface area contributed by atoms with E-state index in [9.17, 15) is 9.59 Å². The number of para-hydroxylation sites is 1. The number of H-pyrrole nitrogens is 1. The Bertz CT molecular complexity index is 672. The normalized spacial score (nSPS) is 11.1. The molecule has 2 aromatic rings. The van der Waals surface area contributed by atoms with Gasteiger partial charge in [0.15, 0.2) is 0 Å². The van der Waals surface area contributed by atoms with Crippen molar-refractivity contribution in [3.05, 3.63) is 42.1 Å². The highest BCUT2D eigenvalue weighted by Crippen LogP contribution is 2.18. The van der Waals surface area contributed by atoms with Crippen LogP contribution in [0.15, 0.2) is 36.5 Å². The molecule has 0 fully saturated rings. The van der Waals surface area contributed by atoms with E-state index in [0.717, 1.165) is 16.5 Å². The molecule has 116 valence electrons. The number of ketones is 1. The maximum Gasteiger partial charge on any atom is 0.313 e. The van der Waals surface area contributed by atoms with Gasteiger partial charge >= 0.3 is 5.97 Å². The van der Waals surface area contributed by atoms with Gasteiger partial charge in [-0.15, -0.1) is 0 Å². The van der Waals surface area contributed by atoms with Gasteiger partial charge in [-0.3, -0.25) is 9.59 Å². The van der Waals surface area contributed by atoms with Crippen LogP contribution in [0, 0.1) is 0 Å². The summed E-state index contributed by atoms with van der Waals surface area (Å²) >= 11 is 0. The van der Waals surface area contributed by atoms with E-state index in [2.05, 4.69) is 15.8 Å². The van der Waals surface area contributed by atoms with Crippen LogP contribution in [0.3, 0.4) is 0 Å². The quantitative estimate of drug-likeness (QED) is 0.462. The molecule has 1 N–H and O–H groups in total. The number of esters is 1. The minimum absolute atomic E-state index is 0.174. The van der Waals surface area contributed by atoms with Gasteiger partial charge in [0.05, 0.1) is 20.3 Å². The number of benzene rings is 1. The number of Topliss-reactive ketones (excluding diaryl/α,β-unsaturated/α-hetero) is 1. The van der Waals surface area contributed by atoms with Gasteiger partial charge in [0.2, 0.25) is 0 Å². The Morgan fingerprint density at radius 1 is 1.27 bits per heavy atom. The molecule has 0 aliphatic heterocycles. The molecule has 1 heterocycles. The Labute approximate surface area is 128 Å². The molecule has 0 aliphatic rings. The molecule has 22 heavy (non-hydrogen) atoms. The van der Waals surface area contributed by atoms with Crippen molar-refractivity contribution in [1.82, 2.24) is 4.98 Å². The summed E-state index contributed by atoms with van der Waals surface area (Å²) in [4.78, 5) is 25.5. The van der Waals surface area contributed by atoms with Gasteiger partial charge in [-0.25, -0.2) is 0 Å². The Hall–Kier alpha value is -2.40. The Balaban J connectivity index is 1.70. The second kappa shape index (κ2) is 8.14. The molecular weight excluding hydrogens is 282 g/mol. The van der Waals surface area contributed by atoms with Crippen LogP contribution in [-0.2, 0) is 19.1 Å². The number of hydrogen-bond donors (Lipinski definition) is 1. The van der Waals surface area contributed by atoms with Crippen LogP contribution in [-0.4, -0.2) is 37.1 Å². The molecule has 0 amide bonds. The number of nitrogens with one attached hydrogen (secondary N) is 1. The fraction of sp³-hybridized carbons (Fsp3) is 0.294. The first kappa shape index (κ1) is 16.0. The molecule has 0 saturated carbocycles. The summed E-state index contributed by atoms with van der Waals surface area (Å²) in [5.41, 5.74) is 2.19. The summed E-state index contributed by atoms with van der Waals surface area (Å²) in [6.07, 6.45) is 5.86. The van der Waals surface area contributed by atoms with Crippen LogP contribution in [0.4, 0.5) is 0 Å². The highest BCUT2D eigenvalue weighted by atomic mass is 16.5. The second-order valence-electron chi connectivity index (χ2n) is 4.81. The lowest BCUT2D eigenvalue weighted by Crippen LogP contribution is -2.11. The lowest BCUT2D eigenvalue weighted by Gasteiger charge is -2.00. The van der Waals surface area contributed by atoms with Crippen LogP contribution in [0.2, 0.25) is 0 Å². The Morgan fingerprint density at radius 3 is 2.91 bits per heavy atom. The zero-order chi connectivity index (χ0) is 15.8. The standard InChI is InChI=1S/C17H19NO4/c1-21-17(20)11-14(19)8-10-22-9-4-5-13-12-18-16-7-3-2-6-15(13)16/h2-7,12,18H,8-11H2,1H3/b5-4+. The topological polar surface area (TPSA) is 68.4 Å². The van der Waals surface area contributed by atoms with E-state index >= 15 is 0 Å². The van der Waals surface area contributed by atoms with E-state index in [1.165, 1.54) is 7.11 Å². The van der Waals surface area contributed by atoms with Crippen molar-refractivity contribution in [2.45, 2.75) is 12.8 Å². The maximum absolute atomic E-state index is 11.4. The molecule has 2 rings (SSSR count). The molecule has 5 heteroatoms. The van der Waals surface area contributed by atoms with E-state index in [1.54, 1.807) is 0 Å². The summed E-state index contributed by atoms with van der Waals surface area (Å²) in [6.45, 7) is 0.721. The molecule has 0 radical (unpaired) electrons. The van der Waals surface area contributed by atoms with E-state index in [4.69, 9.17) is 4.74 Å². The molecule has 0 unspecified atom stereocenters. The maximum atomic E-state index is 11.4. The first-order chi connectivity index (χ1) is 10.7. The number of hydrogen-bond acceptors (Lipinski definition) is 4. The number of carbonyl (C=O) groups excluding carboxylic acids is 2. The van der Waals surface area contributed by atoms with Crippen molar-refractivity contribution in [2.24, 2.45) is 0 Å². The van der Waals surface area contributed by atoms with Crippen molar-refractivity contribution < 1.29 is 19.1 Å². The van der Waals surface area contributed by atoms with Crippen molar-refractivity contribution in [3.8, 4) is 0 Å². The summed E-state index contributed by atoms with van der Waals surface area (Å²) in [6, 6.07) is 8.06. The summed E-state index contributed by atoms with van der Waals surface area (Å²) in [5, 5.41) is 1.16. The van der Waals surface area contributed by atoms with Crippen LogP contribution < -0.4 is 0 Å². The molecule has 1 aromatic heterocycles. The number of methoxy groups -OCH3 is 1. The SMILES string of the molecule is COC(=O)CC(=O)CCOC/C=C/c1c[nH]c2ccccc12. The zero-order valence-electron chi connectivity index (χ0n) is 12.5. The minimum atomic E-state index is -0.510. The molecule has 0 spiro atoms. The third-order valence-electron chi connectivity index (χ3n) is 3.23. The average Bonchev–Trinajstić information content (AvgIpc) is 2.94. The second-order valence-corrected chi connectivity index (χ2v) is 4.81. The summed E-state index contributed by atoms with van der Waals surface area (Å²) in [5.74, 6) is -0.684. The first-order valence-electron chi connectivity index (χ1n) is 7.09. The van der Waals surface area contributed by atoms with Crippen LogP contribution >= 0.6 is 0 Å². The highest BCUT2D eigenvalue weighted by Gasteiger charge is 2.08. The van der Waals surface area contributed by atoms with Gasteiger partial charge in [0, 0.05) is 23.5 Å². The third-order valence-corrected chi connectivity index (χ3v) is 3.23. The molecule has 5 nitrogen and oxygen atoms in total. The van der Waals surface area contributed by atoms with Crippen molar-refractivity contribution in [3.63, 3.8) is 0 Å². The predicted molar refractivity (Wildman–Crippen MR) is 84.4 cm³/mol. The number of aromatic amines is 1. The fourth-order valence-corrected chi connectivity index (χ4v) is 2.07. The number of aromatic nitrogens is 1. The van der Waals surface area contributed by atoms with Gasteiger partial charge in [-0.05, 0) is 11.6 Å². The minimum Gasteiger partial charge on any atom is -0.469 e. The fourth-order valence-electron chi connectivity index (χ4n) is 2.07. The zero-order valence-corrected chi connectivity index (χ0v) is 12.5. The smallest absolute Gasteiger partial charge is 0.313 e. The third kappa shape index (κ3) is 4.56. The van der Waals surface area contributed by atoms with Crippen molar-refractivity contribution in [2.75, 3.05) is 20.3 Å². The summed E-state index contributed by atoms with van der Waals surface area (Å²) < 4.78 is 9.79. The highest BCUT2D eigenvalue weighted by molar-refractivity contribution is 5.95.